The summed E-state index contributed by atoms with van der Waals surface area (Å²) in [7, 11) is 1.71. The molecule has 3 nitrogen and oxygen atoms in total. The highest BCUT2D eigenvalue weighted by molar-refractivity contribution is 5.47. The first-order chi connectivity index (χ1) is 8.02. The molecule has 2 rings (SSSR count). The van der Waals surface area contributed by atoms with Crippen LogP contribution < -0.4 is 4.74 Å². The lowest BCUT2D eigenvalue weighted by molar-refractivity contribution is 0.397. The van der Waals surface area contributed by atoms with Gasteiger partial charge in [0.05, 0.1) is 12.8 Å². The van der Waals surface area contributed by atoms with Crippen molar-refractivity contribution in [2.45, 2.75) is 26.2 Å². The predicted octanol–water partition coefficient (Wildman–Crippen LogP) is 3.18. The van der Waals surface area contributed by atoms with Gasteiger partial charge in [-0.1, -0.05) is 26.8 Å². The average molecular weight is 230 g/mol. The monoisotopic (exact) mass is 230 g/mol. The van der Waals surface area contributed by atoms with Crippen LogP contribution in [-0.4, -0.2) is 16.9 Å². The van der Waals surface area contributed by atoms with Crippen LogP contribution in [0, 0.1) is 0 Å². The molecule has 0 radical (unpaired) electrons. The molecule has 0 atom stereocenters. The number of aromatic nitrogens is 2. The largest absolute Gasteiger partial charge is 0.496 e. The van der Waals surface area contributed by atoms with Gasteiger partial charge >= 0.3 is 0 Å². The maximum Gasteiger partial charge on any atom is 0.124 e. The Morgan fingerprint density at radius 2 is 2.00 bits per heavy atom. The van der Waals surface area contributed by atoms with Gasteiger partial charge in [0.15, 0.2) is 0 Å². The smallest absolute Gasteiger partial charge is 0.124 e. The molecule has 1 heterocycles. The fraction of sp³-hybridized carbons (Fsp3) is 0.357. The Morgan fingerprint density at radius 3 is 2.53 bits per heavy atom. The standard InChI is InChI=1S/C14H18N2O/c1-14(2,3)12-7-6-11(10-13(12)17-4)16-9-5-8-15-16/h5-10H,1-4H3. The van der Waals surface area contributed by atoms with E-state index in [0.29, 0.717) is 0 Å². The molecule has 90 valence electrons. The average Bonchev–Trinajstić information content (AvgIpc) is 2.80. The molecule has 0 aliphatic heterocycles. The molecule has 3 heteroatoms. The number of rotatable bonds is 2. The van der Waals surface area contributed by atoms with E-state index in [2.05, 4.69) is 38.0 Å². The van der Waals surface area contributed by atoms with Gasteiger partial charge in [-0.3, -0.25) is 0 Å². The van der Waals surface area contributed by atoms with Gasteiger partial charge in [-0.05, 0) is 23.1 Å². The van der Waals surface area contributed by atoms with Crippen LogP contribution in [0.2, 0.25) is 0 Å². The summed E-state index contributed by atoms with van der Waals surface area (Å²) in [5.74, 6) is 0.908. The van der Waals surface area contributed by atoms with Crippen molar-refractivity contribution in [1.29, 1.82) is 0 Å². The first-order valence-electron chi connectivity index (χ1n) is 5.71. The van der Waals surface area contributed by atoms with E-state index in [-0.39, 0.29) is 5.41 Å². The second-order valence-corrected chi connectivity index (χ2v) is 5.09. The molecule has 0 fully saturated rings. The molecule has 0 aliphatic rings. The summed E-state index contributed by atoms with van der Waals surface area (Å²) in [4.78, 5) is 0. The second kappa shape index (κ2) is 4.24. The highest BCUT2D eigenvalue weighted by atomic mass is 16.5. The Morgan fingerprint density at radius 1 is 1.24 bits per heavy atom. The van der Waals surface area contributed by atoms with Crippen LogP contribution in [-0.2, 0) is 5.41 Å². The Bertz CT molecular complexity index is 495. The number of benzene rings is 1. The van der Waals surface area contributed by atoms with E-state index in [1.54, 1.807) is 13.3 Å². The van der Waals surface area contributed by atoms with Gasteiger partial charge in [-0.2, -0.15) is 5.10 Å². The molecule has 0 saturated carbocycles. The van der Waals surface area contributed by atoms with Crippen molar-refractivity contribution in [3.05, 3.63) is 42.2 Å². The minimum Gasteiger partial charge on any atom is -0.496 e. The number of nitrogens with zero attached hydrogens (tertiary/aromatic N) is 2. The van der Waals surface area contributed by atoms with Crippen LogP contribution in [0.5, 0.6) is 5.75 Å². The lowest BCUT2D eigenvalue weighted by atomic mass is 9.86. The molecule has 0 N–H and O–H groups in total. The lowest BCUT2D eigenvalue weighted by Crippen LogP contribution is -2.13. The van der Waals surface area contributed by atoms with Crippen molar-refractivity contribution < 1.29 is 4.74 Å². The molecule has 0 saturated heterocycles. The molecule has 1 aromatic carbocycles. The molecule has 0 spiro atoms. The van der Waals surface area contributed by atoms with E-state index in [1.807, 2.05) is 23.0 Å². The van der Waals surface area contributed by atoms with E-state index in [1.165, 1.54) is 5.56 Å². The molecular weight excluding hydrogens is 212 g/mol. The molecule has 2 aromatic rings. The molecule has 0 unspecified atom stereocenters. The molecule has 0 amide bonds. The maximum absolute atomic E-state index is 5.47. The first-order valence-corrected chi connectivity index (χ1v) is 5.71. The van der Waals surface area contributed by atoms with Crippen LogP contribution in [0.4, 0.5) is 0 Å². The van der Waals surface area contributed by atoms with E-state index < -0.39 is 0 Å². The van der Waals surface area contributed by atoms with Crippen molar-refractivity contribution in [1.82, 2.24) is 9.78 Å². The van der Waals surface area contributed by atoms with E-state index in [9.17, 15) is 0 Å². The Labute approximate surface area is 102 Å². The quantitative estimate of drug-likeness (QED) is 0.792. The summed E-state index contributed by atoms with van der Waals surface area (Å²) in [5, 5.41) is 4.21. The molecular formula is C14H18N2O. The Balaban J connectivity index is 2.49. The molecule has 17 heavy (non-hydrogen) atoms. The van der Waals surface area contributed by atoms with Crippen LogP contribution in [0.15, 0.2) is 36.7 Å². The third-order valence-electron chi connectivity index (χ3n) is 2.76. The number of ether oxygens (including phenoxy) is 1. The zero-order chi connectivity index (χ0) is 12.5. The van der Waals surface area contributed by atoms with Gasteiger partial charge in [0.1, 0.15) is 5.75 Å². The van der Waals surface area contributed by atoms with Crippen molar-refractivity contribution >= 4 is 0 Å². The second-order valence-electron chi connectivity index (χ2n) is 5.09. The summed E-state index contributed by atoms with van der Waals surface area (Å²) in [5.41, 5.74) is 2.30. The SMILES string of the molecule is COc1cc(-n2cccn2)ccc1C(C)(C)C. The van der Waals surface area contributed by atoms with E-state index in [0.717, 1.165) is 11.4 Å². The number of hydrogen-bond acceptors (Lipinski definition) is 2. The van der Waals surface area contributed by atoms with Crippen molar-refractivity contribution in [2.24, 2.45) is 0 Å². The minimum atomic E-state index is 0.0774. The fourth-order valence-electron chi connectivity index (χ4n) is 1.86. The van der Waals surface area contributed by atoms with Gasteiger partial charge in [-0.15, -0.1) is 0 Å². The van der Waals surface area contributed by atoms with E-state index in [4.69, 9.17) is 4.74 Å². The van der Waals surface area contributed by atoms with E-state index >= 15 is 0 Å². The van der Waals surface area contributed by atoms with Crippen LogP contribution in [0.3, 0.4) is 0 Å². The summed E-state index contributed by atoms with van der Waals surface area (Å²) < 4.78 is 7.30. The van der Waals surface area contributed by atoms with Crippen molar-refractivity contribution in [2.75, 3.05) is 7.11 Å². The third-order valence-corrected chi connectivity index (χ3v) is 2.76. The number of methoxy groups -OCH3 is 1. The Kier molecular flexibility index (Phi) is 2.92. The Hall–Kier alpha value is -1.77. The topological polar surface area (TPSA) is 27.1 Å². The summed E-state index contributed by atoms with van der Waals surface area (Å²) in [6, 6.07) is 8.10. The van der Waals surface area contributed by atoms with Gasteiger partial charge in [0, 0.05) is 18.5 Å². The first kappa shape index (κ1) is 11.7. The van der Waals surface area contributed by atoms with Crippen LogP contribution >= 0.6 is 0 Å². The zero-order valence-electron chi connectivity index (χ0n) is 10.8. The van der Waals surface area contributed by atoms with Crippen molar-refractivity contribution in [3.63, 3.8) is 0 Å². The fourth-order valence-corrected chi connectivity index (χ4v) is 1.86. The van der Waals surface area contributed by atoms with Gasteiger partial charge in [0.2, 0.25) is 0 Å². The van der Waals surface area contributed by atoms with Crippen LogP contribution in [0.1, 0.15) is 26.3 Å². The third kappa shape index (κ3) is 2.33. The van der Waals surface area contributed by atoms with Gasteiger partial charge in [-0.25, -0.2) is 4.68 Å². The van der Waals surface area contributed by atoms with Crippen LogP contribution in [0.25, 0.3) is 5.69 Å². The number of hydrogen-bond donors (Lipinski definition) is 0. The lowest BCUT2D eigenvalue weighted by Gasteiger charge is -2.22. The highest BCUT2D eigenvalue weighted by Gasteiger charge is 2.19. The maximum atomic E-state index is 5.47. The van der Waals surface area contributed by atoms with Crippen molar-refractivity contribution in [3.8, 4) is 11.4 Å². The zero-order valence-corrected chi connectivity index (χ0v) is 10.8. The molecule has 0 bridgehead atoms. The summed E-state index contributed by atoms with van der Waals surface area (Å²) in [6.45, 7) is 6.54. The predicted molar refractivity (Wildman–Crippen MR) is 68.8 cm³/mol. The minimum absolute atomic E-state index is 0.0774. The van der Waals surface area contributed by atoms with Gasteiger partial charge < -0.3 is 4.74 Å². The summed E-state index contributed by atoms with van der Waals surface area (Å²) in [6.07, 6.45) is 3.69. The normalized spacial score (nSPS) is 11.5. The highest BCUT2D eigenvalue weighted by Crippen LogP contribution is 2.32. The summed E-state index contributed by atoms with van der Waals surface area (Å²) >= 11 is 0. The molecule has 0 aliphatic carbocycles. The van der Waals surface area contributed by atoms with Gasteiger partial charge in [0.25, 0.3) is 0 Å². The molecule has 1 aromatic heterocycles.